The van der Waals surface area contributed by atoms with Gasteiger partial charge in [-0.15, -0.1) is 0 Å². The van der Waals surface area contributed by atoms with Crippen LogP contribution >= 0.6 is 11.7 Å². The molecule has 0 amide bonds. The van der Waals surface area contributed by atoms with E-state index < -0.39 is 10.0 Å². The molecule has 0 bridgehead atoms. The molecular weight excluding hydrogens is 284 g/mol. The Hall–Kier alpha value is -1.09. The van der Waals surface area contributed by atoms with Gasteiger partial charge in [-0.05, 0) is 25.1 Å². The second kappa shape index (κ2) is 6.38. The second-order valence-electron chi connectivity index (χ2n) is 4.04. The average Bonchev–Trinajstić information content (AvgIpc) is 2.86. The van der Waals surface area contributed by atoms with Crippen LogP contribution in [0.3, 0.4) is 0 Å². The molecule has 19 heavy (non-hydrogen) atoms. The van der Waals surface area contributed by atoms with Gasteiger partial charge >= 0.3 is 0 Å². The van der Waals surface area contributed by atoms with Gasteiger partial charge in [-0.2, -0.15) is 8.75 Å². The molecule has 0 unspecified atom stereocenters. The van der Waals surface area contributed by atoms with Gasteiger partial charge in [0.1, 0.15) is 15.9 Å². The van der Waals surface area contributed by atoms with Crippen LogP contribution in [0.25, 0.3) is 11.0 Å². The first kappa shape index (κ1) is 14.3. The minimum Gasteiger partial charge on any atom is -0.315 e. The Labute approximate surface area is 116 Å². The van der Waals surface area contributed by atoms with Crippen molar-refractivity contribution < 1.29 is 8.42 Å². The molecule has 0 spiro atoms. The molecule has 2 rings (SSSR count). The number of rotatable bonds is 7. The summed E-state index contributed by atoms with van der Waals surface area (Å²) in [5, 5.41) is 3.14. The number of fused-ring (bicyclic) bond motifs is 1. The lowest BCUT2D eigenvalue weighted by atomic mass is 10.3. The van der Waals surface area contributed by atoms with E-state index in [9.17, 15) is 8.42 Å². The summed E-state index contributed by atoms with van der Waals surface area (Å²) in [4.78, 5) is 0.189. The first-order chi connectivity index (χ1) is 9.15. The van der Waals surface area contributed by atoms with Crippen LogP contribution < -0.4 is 10.0 Å². The zero-order chi connectivity index (χ0) is 13.7. The molecule has 2 aromatic rings. The first-order valence-electron chi connectivity index (χ1n) is 6.07. The maximum atomic E-state index is 12.2. The van der Waals surface area contributed by atoms with E-state index in [-0.39, 0.29) is 4.90 Å². The minimum absolute atomic E-state index is 0.189. The number of nitrogens with zero attached hydrogens (tertiary/aromatic N) is 2. The van der Waals surface area contributed by atoms with Crippen molar-refractivity contribution in [1.82, 2.24) is 18.8 Å². The summed E-state index contributed by atoms with van der Waals surface area (Å²) in [5.41, 5.74) is 1.04. The molecule has 0 aliphatic heterocycles. The van der Waals surface area contributed by atoms with Gasteiger partial charge in [0.25, 0.3) is 0 Å². The number of sulfonamides is 1. The Balaban J connectivity index is 2.09. The van der Waals surface area contributed by atoms with Crippen LogP contribution in [0.1, 0.15) is 13.3 Å². The Morgan fingerprint density at radius 3 is 2.84 bits per heavy atom. The van der Waals surface area contributed by atoms with Crippen molar-refractivity contribution in [3.63, 3.8) is 0 Å². The summed E-state index contributed by atoms with van der Waals surface area (Å²) in [6, 6.07) is 4.97. The summed E-state index contributed by atoms with van der Waals surface area (Å²) in [5.74, 6) is 0. The van der Waals surface area contributed by atoms with Crippen molar-refractivity contribution in [2.45, 2.75) is 18.2 Å². The molecule has 0 atom stereocenters. The molecule has 0 radical (unpaired) electrons. The molecule has 1 heterocycles. The third kappa shape index (κ3) is 3.47. The summed E-state index contributed by atoms with van der Waals surface area (Å²) in [6.45, 7) is 3.91. The fourth-order valence-corrected chi connectivity index (χ4v) is 3.45. The molecule has 1 aromatic carbocycles. The highest BCUT2D eigenvalue weighted by Gasteiger charge is 2.18. The van der Waals surface area contributed by atoms with E-state index in [1.807, 2.05) is 0 Å². The van der Waals surface area contributed by atoms with E-state index in [0.29, 0.717) is 24.1 Å². The van der Waals surface area contributed by atoms with Gasteiger partial charge in [-0.3, -0.25) is 0 Å². The van der Waals surface area contributed by atoms with Crippen LogP contribution in [0.5, 0.6) is 0 Å². The standard InChI is InChI=1S/C11H16N4O2S2/c1-2-6-12-7-8-13-19(16,17)10-5-3-4-9-11(10)15-18-14-9/h3-5,12-13H,2,6-8H2,1H3. The lowest BCUT2D eigenvalue weighted by Crippen LogP contribution is -2.32. The normalized spacial score (nSPS) is 12.1. The molecule has 0 aliphatic carbocycles. The Kier molecular flexibility index (Phi) is 4.81. The van der Waals surface area contributed by atoms with Gasteiger partial charge in [0.05, 0.1) is 11.7 Å². The topological polar surface area (TPSA) is 84.0 Å². The van der Waals surface area contributed by atoms with E-state index in [4.69, 9.17) is 0 Å². The highest BCUT2D eigenvalue weighted by molar-refractivity contribution is 7.89. The van der Waals surface area contributed by atoms with E-state index in [0.717, 1.165) is 24.7 Å². The van der Waals surface area contributed by atoms with Crippen LogP contribution in [0.2, 0.25) is 0 Å². The van der Waals surface area contributed by atoms with E-state index >= 15 is 0 Å². The molecule has 8 heteroatoms. The van der Waals surface area contributed by atoms with Crippen molar-refractivity contribution in [3.8, 4) is 0 Å². The minimum atomic E-state index is -3.53. The van der Waals surface area contributed by atoms with Gasteiger partial charge in [0.2, 0.25) is 10.0 Å². The van der Waals surface area contributed by atoms with Gasteiger partial charge in [0, 0.05) is 13.1 Å². The fraction of sp³-hybridized carbons (Fsp3) is 0.455. The molecule has 2 N–H and O–H groups in total. The molecule has 1 aromatic heterocycles. The SMILES string of the molecule is CCCNCCNS(=O)(=O)c1cccc2nsnc12. The zero-order valence-corrected chi connectivity index (χ0v) is 12.2. The van der Waals surface area contributed by atoms with Crippen LogP contribution in [0.4, 0.5) is 0 Å². The zero-order valence-electron chi connectivity index (χ0n) is 10.6. The van der Waals surface area contributed by atoms with Crippen molar-refractivity contribution in [1.29, 1.82) is 0 Å². The van der Waals surface area contributed by atoms with Crippen molar-refractivity contribution >= 4 is 32.8 Å². The quantitative estimate of drug-likeness (QED) is 0.744. The molecule has 104 valence electrons. The maximum Gasteiger partial charge on any atom is 0.242 e. The Bertz CT molecular complexity index is 639. The lowest BCUT2D eigenvalue weighted by Gasteiger charge is -2.07. The summed E-state index contributed by atoms with van der Waals surface area (Å²) < 4.78 is 35.0. The molecule has 6 nitrogen and oxygen atoms in total. The van der Waals surface area contributed by atoms with Crippen LogP contribution in [0.15, 0.2) is 23.1 Å². The van der Waals surface area contributed by atoms with Crippen LogP contribution in [-0.4, -0.2) is 36.8 Å². The van der Waals surface area contributed by atoms with Gasteiger partial charge in [0.15, 0.2) is 0 Å². The van der Waals surface area contributed by atoms with Crippen molar-refractivity contribution in [3.05, 3.63) is 18.2 Å². The number of nitrogens with one attached hydrogen (secondary N) is 2. The third-order valence-electron chi connectivity index (χ3n) is 2.56. The highest BCUT2D eigenvalue weighted by Crippen LogP contribution is 2.20. The number of benzene rings is 1. The molecular formula is C11H16N4O2S2. The highest BCUT2D eigenvalue weighted by atomic mass is 32.2. The predicted molar refractivity (Wildman–Crippen MR) is 75.8 cm³/mol. The predicted octanol–water partition coefficient (Wildman–Crippen LogP) is 0.969. The lowest BCUT2D eigenvalue weighted by molar-refractivity contribution is 0.576. The second-order valence-corrected chi connectivity index (χ2v) is 6.30. The van der Waals surface area contributed by atoms with Crippen molar-refractivity contribution in [2.75, 3.05) is 19.6 Å². The molecule has 0 aliphatic rings. The maximum absolute atomic E-state index is 12.2. The first-order valence-corrected chi connectivity index (χ1v) is 8.28. The van der Waals surface area contributed by atoms with E-state index in [1.54, 1.807) is 18.2 Å². The summed E-state index contributed by atoms with van der Waals surface area (Å²) in [7, 11) is -3.53. The Morgan fingerprint density at radius 1 is 1.21 bits per heavy atom. The van der Waals surface area contributed by atoms with E-state index in [1.165, 1.54) is 0 Å². The van der Waals surface area contributed by atoms with Gasteiger partial charge in [-0.1, -0.05) is 13.0 Å². The molecule has 0 saturated heterocycles. The monoisotopic (exact) mass is 300 g/mol. The summed E-state index contributed by atoms with van der Waals surface area (Å²) in [6.07, 6.45) is 1.02. The number of hydrogen-bond donors (Lipinski definition) is 2. The fourth-order valence-electron chi connectivity index (χ4n) is 1.65. The largest absolute Gasteiger partial charge is 0.315 e. The third-order valence-corrected chi connectivity index (χ3v) is 4.59. The van der Waals surface area contributed by atoms with Crippen LogP contribution in [-0.2, 0) is 10.0 Å². The summed E-state index contributed by atoms with van der Waals surface area (Å²) >= 11 is 1.01. The number of aromatic nitrogens is 2. The average molecular weight is 300 g/mol. The van der Waals surface area contributed by atoms with Crippen molar-refractivity contribution in [2.24, 2.45) is 0 Å². The molecule has 0 saturated carbocycles. The molecule has 0 fully saturated rings. The van der Waals surface area contributed by atoms with Crippen LogP contribution in [0, 0.1) is 0 Å². The Morgan fingerprint density at radius 2 is 2.05 bits per heavy atom. The number of hydrogen-bond acceptors (Lipinski definition) is 6. The van der Waals surface area contributed by atoms with E-state index in [2.05, 4.69) is 25.7 Å². The smallest absolute Gasteiger partial charge is 0.242 e. The van der Waals surface area contributed by atoms with Gasteiger partial charge < -0.3 is 5.32 Å². The van der Waals surface area contributed by atoms with Gasteiger partial charge in [-0.25, -0.2) is 13.1 Å².